The zero-order chi connectivity index (χ0) is 20.2. The Morgan fingerprint density at radius 2 is 1.82 bits per heavy atom. The van der Waals surface area contributed by atoms with Crippen molar-refractivity contribution in [3.05, 3.63) is 27.2 Å². The Balaban J connectivity index is 1.78. The normalized spacial score (nSPS) is 28.8. The summed E-state index contributed by atoms with van der Waals surface area (Å²) in [5.41, 5.74) is -1.55. The molecule has 0 saturated carbocycles. The van der Waals surface area contributed by atoms with Crippen molar-refractivity contribution in [1.29, 1.82) is 0 Å². The van der Waals surface area contributed by atoms with Gasteiger partial charge in [-0.05, 0) is 0 Å². The van der Waals surface area contributed by atoms with E-state index in [1.165, 1.54) is 10.9 Å². The number of aromatic amines is 2. The predicted molar refractivity (Wildman–Crippen MR) is 85.9 cm³/mol. The molecule has 2 fully saturated rings. The van der Waals surface area contributed by atoms with Gasteiger partial charge < -0.3 is 18.9 Å². The minimum absolute atomic E-state index is 0.0197. The third-order valence-corrected chi connectivity index (χ3v) is 4.35. The maximum Gasteiger partial charge on any atom is 0.350 e. The molecule has 0 bridgehead atoms. The topological polar surface area (TPSA) is 172 Å². The zero-order valence-corrected chi connectivity index (χ0v) is 14.5. The number of nitrogens with zero attached hydrogens (tertiary/aromatic N) is 2. The van der Waals surface area contributed by atoms with Crippen molar-refractivity contribution < 1.29 is 33.3 Å². The summed E-state index contributed by atoms with van der Waals surface area (Å²) in [7, 11) is 0. The van der Waals surface area contributed by atoms with Gasteiger partial charge in [-0.1, -0.05) is 0 Å². The van der Waals surface area contributed by atoms with Crippen LogP contribution in [-0.4, -0.2) is 61.8 Å². The molecule has 0 unspecified atom stereocenters. The first-order valence-corrected chi connectivity index (χ1v) is 8.16. The molecule has 0 spiro atoms. The second-order valence-corrected chi connectivity index (χ2v) is 6.25. The van der Waals surface area contributed by atoms with Crippen molar-refractivity contribution in [2.45, 2.75) is 44.5 Å². The monoisotopic (exact) mass is 394 g/mol. The highest BCUT2D eigenvalue weighted by Crippen LogP contribution is 2.40. The van der Waals surface area contributed by atoms with Crippen LogP contribution in [0.25, 0.3) is 11.2 Å². The molecular formula is C15H14N4O9. The van der Waals surface area contributed by atoms with Crippen molar-refractivity contribution in [1.82, 2.24) is 19.5 Å². The molecule has 28 heavy (non-hydrogen) atoms. The number of hydrogen-bond donors (Lipinski definition) is 2. The van der Waals surface area contributed by atoms with E-state index in [1.807, 2.05) is 4.98 Å². The Hall–Kier alpha value is -3.48. The van der Waals surface area contributed by atoms with Gasteiger partial charge >= 0.3 is 23.6 Å². The fourth-order valence-corrected chi connectivity index (χ4v) is 3.36. The van der Waals surface area contributed by atoms with Crippen molar-refractivity contribution in [3.8, 4) is 0 Å². The maximum atomic E-state index is 12.0. The van der Waals surface area contributed by atoms with Crippen LogP contribution in [0, 0.1) is 0 Å². The average Bonchev–Trinajstić information content (AvgIpc) is 3.22. The molecule has 13 nitrogen and oxygen atoms in total. The zero-order valence-electron chi connectivity index (χ0n) is 14.5. The van der Waals surface area contributed by atoms with E-state index in [0.717, 1.165) is 13.8 Å². The van der Waals surface area contributed by atoms with Crippen LogP contribution >= 0.6 is 0 Å². The number of ether oxygens (including phenoxy) is 4. The first-order valence-electron chi connectivity index (χ1n) is 8.16. The Labute approximate surface area is 154 Å². The molecule has 0 amide bonds. The summed E-state index contributed by atoms with van der Waals surface area (Å²) in [4.78, 5) is 66.8. The number of carbonyl (C=O) groups excluding carboxylic acids is 3. The summed E-state index contributed by atoms with van der Waals surface area (Å²) in [6.45, 7) is 2.28. The van der Waals surface area contributed by atoms with Crippen molar-refractivity contribution in [2.24, 2.45) is 0 Å². The van der Waals surface area contributed by atoms with E-state index in [2.05, 4.69) is 9.97 Å². The minimum atomic E-state index is -1.34. The van der Waals surface area contributed by atoms with Crippen LogP contribution in [0.2, 0.25) is 0 Å². The Kier molecular flexibility index (Phi) is 4.03. The molecule has 4 heterocycles. The fourth-order valence-electron chi connectivity index (χ4n) is 3.36. The maximum absolute atomic E-state index is 12.0. The third-order valence-electron chi connectivity index (χ3n) is 4.35. The van der Waals surface area contributed by atoms with Gasteiger partial charge in [-0.15, -0.1) is 0 Å². The number of aromatic nitrogens is 4. The summed E-state index contributed by atoms with van der Waals surface area (Å²) in [5, 5.41) is 0. The van der Waals surface area contributed by atoms with E-state index in [-0.39, 0.29) is 11.2 Å². The van der Waals surface area contributed by atoms with Gasteiger partial charge in [-0.3, -0.25) is 28.9 Å². The standard InChI is InChI=1S/C15H14N4O9/c1-4(20)25-9-7-8(10(14(23)28-7)26-5(2)21)27-13(9)19-3-16-6-11(19)17-15(24)18-12(6)22/h3,7-10,13H,1-2H3,(H2,17,18,22,24)/t7-,8+,9-,10+,13+/m1/s1. The lowest BCUT2D eigenvalue weighted by molar-refractivity contribution is -0.174. The molecule has 2 N–H and O–H groups in total. The second-order valence-electron chi connectivity index (χ2n) is 6.25. The lowest BCUT2D eigenvalue weighted by Gasteiger charge is -2.22. The molecule has 0 aliphatic carbocycles. The molecule has 2 aromatic rings. The summed E-state index contributed by atoms with van der Waals surface area (Å²) >= 11 is 0. The lowest BCUT2D eigenvalue weighted by Crippen LogP contribution is -2.36. The largest absolute Gasteiger partial charge is 0.454 e. The summed E-state index contributed by atoms with van der Waals surface area (Å²) in [6, 6.07) is 0. The van der Waals surface area contributed by atoms with E-state index in [9.17, 15) is 24.0 Å². The average molecular weight is 394 g/mol. The third kappa shape index (κ3) is 2.76. The number of rotatable bonds is 3. The predicted octanol–water partition coefficient (Wildman–Crippen LogP) is -1.90. The number of hydrogen-bond acceptors (Lipinski definition) is 10. The van der Waals surface area contributed by atoms with E-state index in [0.29, 0.717) is 0 Å². The first kappa shape index (κ1) is 17.9. The number of carbonyl (C=O) groups is 3. The number of H-pyrrole nitrogens is 2. The summed E-state index contributed by atoms with van der Waals surface area (Å²) < 4.78 is 22.5. The lowest BCUT2D eigenvalue weighted by atomic mass is 10.1. The molecule has 148 valence electrons. The van der Waals surface area contributed by atoms with Crippen molar-refractivity contribution >= 4 is 29.1 Å². The quantitative estimate of drug-likeness (QED) is 0.442. The second kappa shape index (κ2) is 6.30. The van der Waals surface area contributed by atoms with Crippen LogP contribution in [-0.2, 0) is 33.3 Å². The molecule has 13 heteroatoms. The molecule has 2 aliphatic heterocycles. The summed E-state index contributed by atoms with van der Waals surface area (Å²) in [5.74, 6) is -2.23. The van der Waals surface area contributed by atoms with Crippen LogP contribution < -0.4 is 11.2 Å². The molecule has 5 atom stereocenters. The van der Waals surface area contributed by atoms with E-state index < -0.39 is 59.8 Å². The molecule has 2 aromatic heterocycles. The van der Waals surface area contributed by atoms with E-state index in [4.69, 9.17) is 18.9 Å². The minimum Gasteiger partial charge on any atom is -0.454 e. The number of nitrogens with one attached hydrogen (secondary N) is 2. The van der Waals surface area contributed by atoms with Gasteiger partial charge in [0.15, 0.2) is 24.0 Å². The van der Waals surface area contributed by atoms with Gasteiger partial charge in [0.05, 0.1) is 6.33 Å². The van der Waals surface area contributed by atoms with Crippen LogP contribution in [0.15, 0.2) is 15.9 Å². The molecule has 2 saturated heterocycles. The first-order chi connectivity index (χ1) is 13.3. The number of esters is 3. The highest BCUT2D eigenvalue weighted by Gasteiger charge is 2.61. The number of imidazole rings is 1. The van der Waals surface area contributed by atoms with Gasteiger partial charge in [0, 0.05) is 13.8 Å². The van der Waals surface area contributed by atoms with Gasteiger partial charge in [-0.25, -0.2) is 14.6 Å². The van der Waals surface area contributed by atoms with E-state index in [1.54, 1.807) is 0 Å². The van der Waals surface area contributed by atoms with E-state index >= 15 is 0 Å². The van der Waals surface area contributed by atoms with Gasteiger partial charge in [0.25, 0.3) is 5.56 Å². The van der Waals surface area contributed by atoms with Crippen molar-refractivity contribution in [3.63, 3.8) is 0 Å². The number of fused-ring (bicyclic) bond motifs is 2. The van der Waals surface area contributed by atoms with Gasteiger partial charge in [0.1, 0.15) is 11.8 Å². The summed E-state index contributed by atoms with van der Waals surface area (Å²) in [6.07, 6.45) is -4.49. The Bertz CT molecular complexity index is 1100. The highest BCUT2D eigenvalue weighted by molar-refractivity contribution is 5.82. The molecule has 2 aliphatic rings. The highest BCUT2D eigenvalue weighted by atomic mass is 16.7. The molecule has 0 radical (unpaired) electrons. The Morgan fingerprint density at radius 3 is 2.50 bits per heavy atom. The van der Waals surface area contributed by atoms with Crippen LogP contribution in [0.5, 0.6) is 0 Å². The molecule has 4 rings (SSSR count). The molecular weight excluding hydrogens is 380 g/mol. The van der Waals surface area contributed by atoms with Gasteiger partial charge in [0.2, 0.25) is 6.10 Å². The Morgan fingerprint density at radius 1 is 1.11 bits per heavy atom. The smallest absolute Gasteiger partial charge is 0.350 e. The van der Waals surface area contributed by atoms with Crippen LogP contribution in [0.4, 0.5) is 0 Å². The SMILES string of the molecule is CC(=O)O[C@@H]1[C@@H]2OC(=O)[C@@H](OC(C)=O)[C@H]2O[C@@H]1n1cnc2c(=O)[nH]c(=O)[nH]c21. The van der Waals surface area contributed by atoms with Crippen molar-refractivity contribution in [2.75, 3.05) is 0 Å². The van der Waals surface area contributed by atoms with Crippen LogP contribution in [0.3, 0.4) is 0 Å². The fraction of sp³-hybridized carbons (Fsp3) is 0.467. The van der Waals surface area contributed by atoms with Gasteiger partial charge in [-0.2, -0.15) is 0 Å². The van der Waals surface area contributed by atoms with Crippen LogP contribution in [0.1, 0.15) is 20.1 Å². The molecule has 0 aromatic carbocycles.